The summed E-state index contributed by atoms with van der Waals surface area (Å²) in [6, 6.07) is 9.04. The standard InChI is InChI=1S/C18H19N5O/c24-8-11-7-15(14-4-2-1-3-13(11)14)23-10-21-16-17(22-12-5-6-12)19-9-20-18(16)23/h1-4,9-12,15,24H,5-8H2,(H,19,20,22)/t11-,15-/m0/s1. The first-order valence-electron chi connectivity index (χ1n) is 8.49. The van der Waals surface area contributed by atoms with E-state index in [1.165, 1.54) is 24.0 Å². The first kappa shape index (κ1) is 13.9. The molecule has 6 heteroatoms. The average Bonchev–Trinajstić information content (AvgIpc) is 3.20. The van der Waals surface area contributed by atoms with Crippen LogP contribution in [0.25, 0.3) is 11.2 Å². The van der Waals surface area contributed by atoms with E-state index in [0.717, 1.165) is 23.4 Å². The summed E-state index contributed by atoms with van der Waals surface area (Å²) in [6.07, 6.45) is 6.73. The van der Waals surface area contributed by atoms with E-state index in [2.05, 4.69) is 43.0 Å². The van der Waals surface area contributed by atoms with E-state index in [-0.39, 0.29) is 18.6 Å². The van der Waals surface area contributed by atoms with Crippen molar-refractivity contribution in [3.8, 4) is 0 Å². The number of anilines is 1. The fourth-order valence-electron chi connectivity index (χ4n) is 3.75. The number of hydrogen-bond donors (Lipinski definition) is 2. The van der Waals surface area contributed by atoms with Crippen LogP contribution in [0.2, 0.25) is 0 Å². The van der Waals surface area contributed by atoms with Gasteiger partial charge in [-0.2, -0.15) is 0 Å². The lowest BCUT2D eigenvalue weighted by Crippen LogP contribution is -2.09. The zero-order valence-corrected chi connectivity index (χ0v) is 13.3. The topological polar surface area (TPSA) is 75.9 Å². The third-order valence-corrected chi connectivity index (χ3v) is 5.14. The van der Waals surface area contributed by atoms with Gasteiger partial charge in [0.15, 0.2) is 11.5 Å². The summed E-state index contributed by atoms with van der Waals surface area (Å²) in [5.41, 5.74) is 4.17. The monoisotopic (exact) mass is 321 g/mol. The van der Waals surface area contributed by atoms with Crippen LogP contribution in [0.4, 0.5) is 5.82 Å². The maximum atomic E-state index is 9.73. The minimum atomic E-state index is 0.159. The fraction of sp³-hybridized carbons (Fsp3) is 0.389. The van der Waals surface area contributed by atoms with E-state index in [1.807, 2.05) is 12.4 Å². The van der Waals surface area contributed by atoms with Crippen LogP contribution in [0, 0.1) is 0 Å². The van der Waals surface area contributed by atoms with Crippen LogP contribution >= 0.6 is 0 Å². The Morgan fingerprint density at radius 2 is 1.96 bits per heavy atom. The lowest BCUT2D eigenvalue weighted by Gasteiger charge is -2.14. The molecule has 5 rings (SSSR count). The van der Waals surface area contributed by atoms with Crippen molar-refractivity contribution in [3.63, 3.8) is 0 Å². The Labute approximate surface area is 139 Å². The van der Waals surface area contributed by atoms with Crippen molar-refractivity contribution < 1.29 is 5.11 Å². The highest BCUT2D eigenvalue weighted by Crippen LogP contribution is 2.43. The highest BCUT2D eigenvalue weighted by atomic mass is 16.3. The molecule has 24 heavy (non-hydrogen) atoms. The Balaban J connectivity index is 1.60. The van der Waals surface area contributed by atoms with Crippen molar-refractivity contribution in [1.82, 2.24) is 19.5 Å². The number of rotatable bonds is 4. The van der Waals surface area contributed by atoms with Crippen LogP contribution in [0.3, 0.4) is 0 Å². The maximum absolute atomic E-state index is 9.73. The van der Waals surface area contributed by atoms with Crippen molar-refractivity contribution in [2.45, 2.75) is 37.3 Å². The largest absolute Gasteiger partial charge is 0.396 e. The Hall–Kier alpha value is -2.47. The van der Waals surface area contributed by atoms with Crippen LogP contribution in [-0.2, 0) is 0 Å². The normalized spacial score (nSPS) is 22.7. The number of aliphatic hydroxyl groups is 1. The number of fused-ring (bicyclic) bond motifs is 2. The third-order valence-electron chi connectivity index (χ3n) is 5.14. The van der Waals surface area contributed by atoms with E-state index in [4.69, 9.17) is 0 Å². The number of benzene rings is 1. The molecule has 0 unspecified atom stereocenters. The molecule has 0 saturated heterocycles. The molecule has 0 amide bonds. The first-order valence-corrected chi connectivity index (χ1v) is 8.49. The second-order valence-electron chi connectivity index (χ2n) is 6.72. The lowest BCUT2D eigenvalue weighted by molar-refractivity contribution is 0.259. The number of hydrogen-bond acceptors (Lipinski definition) is 5. The summed E-state index contributed by atoms with van der Waals surface area (Å²) in [5.74, 6) is 1.00. The van der Waals surface area contributed by atoms with Crippen LogP contribution in [0.5, 0.6) is 0 Å². The zero-order valence-electron chi connectivity index (χ0n) is 13.3. The molecular weight excluding hydrogens is 302 g/mol. The summed E-state index contributed by atoms with van der Waals surface area (Å²) in [7, 11) is 0. The summed E-state index contributed by atoms with van der Waals surface area (Å²) in [4.78, 5) is 13.4. The molecule has 2 N–H and O–H groups in total. The Bertz CT molecular complexity index is 901. The van der Waals surface area contributed by atoms with Crippen LogP contribution in [0.1, 0.15) is 42.3 Å². The maximum Gasteiger partial charge on any atom is 0.165 e. The quantitative estimate of drug-likeness (QED) is 0.772. The molecule has 1 fully saturated rings. The molecule has 0 aliphatic heterocycles. The summed E-state index contributed by atoms with van der Waals surface area (Å²) >= 11 is 0. The lowest BCUT2D eigenvalue weighted by atomic mass is 10.0. The third kappa shape index (κ3) is 2.10. The molecule has 2 aliphatic rings. The van der Waals surface area contributed by atoms with Gasteiger partial charge in [-0.1, -0.05) is 24.3 Å². The molecule has 2 aliphatic carbocycles. The average molecular weight is 321 g/mol. The van der Waals surface area contributed by atoms with Gasteiger partial charge in [-0.3, -0.25) is 0 Å². The van der Waals surface area contributed by atoms with Crippen LogP contribution in [0.15, 0.2) is 36.9 Å². The predicted molar refractivity (Wildman–Crippen MR) is 91.0 cm³/mol. The van der Waals surface area contributed by atoms with Gasteiger partial charge in [-0.05, 0) is 30.4 Å². The van der Waals surface area contributed by atoms with Gasteiger partial charge in [0.05, 0.1) is 19.0 Å². The van der Waals surface area contributed by atoms with Crippen molar-refractivity contribution >= 4 is 17.0 Å². The molecule has 6 nitrogen and oxygen atoms in total. The number of nitrogens with one attached hydrogen (secondary N) is 1. The Kier molecular flexibility index (Phi) is 3.06. The van der Waals surface area contributed by atoms with Gasteiger partial charge < -0.3 is 15.0 Å². The van der Waals surface area contributed by atoms with Gasteiger partial charge in [-0.25, -0.2) is 15.0 Å². The van der Waals surface area contributed by atoms with Gasteiger partial charge >= 0.3 is 0 Å². The van der Waals surface area contributed by atoms with E-state index in [0.29, 0.717) is 6.04 Å². The van der Waals surface area contributed by atoms with Crippen molar-refractivity contribution in [1.29, 1.82) is 0 Å². The SMILES string of the molecule is OC[C@@H]1C[C@H](n2cnc3c(NC4CC4)ncnc32)c2ccccc21. The van der Waals surface area contributed by atoms with E-state index < -0.39 is 0 Å². The number of nitrogens with zero attached hydrogens (tertiary/aromatic N) is 4. The molecule has 0 radical (unpaired) electrons. The van der Waals surface area contributed by atoms with E-state index in [9.17, 15) is 5.11 Å². The highest BCUT2D eigenvalue weighted by Gasteiger charge is 2.32. The number of imidazole rings is 1. The van der Waals surface area contributed by atoms with E-state index >= 15 is 0 Å². The molecule has 2 atom stereocenters. The molecule has 2 heterocycles. The van der Waals surface area contributed by atoms with Gasteiger partial charge in [0.25, 0.3) is 0 Å². The Morgan fingerprint density at radius 3 is 2.75 bits per heavy atom. The van der Waals surface area contributed by atoms with Gasteiger partial charge in [0.2, 0.25) is 0 Å². The molecule has 2 aromatic heterocycles. The molecule has 0 bridgehead atoms. The van der Waals surface area contributed by atoms with Gasteiger partial charge in [-0.15, -0.1) is 0 Å². The van der Waals surface area contributed by atoms with Gasteiger partial charge in [0, 0.05) is 12.0 Å². The second kappa shape index (κ2) is 5.27. The number of aromatic nitrogens is 4. The molecule has 122 valence electrons. The fourth-order valence-corrected chi connectivity index (χ4v) is 3.75. The summed E-state index contributed by atoms with van der Waals surface area (Å²) in [5, 5.41) is 13.2. The minimum absolute atomic E-state index is 0.159. The highest BCUT2D eigenvalue weighted by molar-refractivity contribution is 5.83. The number of aliphatic hydroxyl groups excluding tert-OH is 1. The van der Waals surface area contributed by atoms with Crippen molar-refractivity contribution in [2.24, 2.45) is 0 Å². The van der Waals surface area contributed by atoms with Crippen LogP contribution in [-0.4, -0.2) is 37.3 Å². The molecule has 0 spiro atoms. The van der Waals surface area contributed by atoms with Crippen molar-refractivity contribution in [3.05, 3.63) is 48.0 Å². The summed E-state index contributed by atoms with van der Waals surface area (Å²) in [6.45, 7) is 0.170. The minimum Gasteiger partial charge on any atom is -0.396 e. The molecule has 1 saturated carbocycles. The first-order chi connectivity index (χ1) is 11.8. The predicted octanol–water partition coefficient (Wildman–Crippen LogP) is 2.47. The van der Waals surface area contributed by atoms with Gasteiger partial charge in [0.1, 0.15) is 11.8 Å². The van der Waals surface area contributed by atoms with Crippen LogP contribution < -0.4 is 5.32 Å². The van der Waals surface area contributed by atoms with E-state index in [1.54, 1.807) is 6.33 Å². The zero-order chi connectivity index (χ0) is 16.1. The van der Waals surface area contributed by atoms with Crippen molar-refractivity contribution in [2.75, 3.05) is 11.9 Å². The second-order valence-corrected chi connectivity index (χ2v) is 6.72. The summed E-state index contributed by atoms with van der Waals surface area (Å²) < 4.78 is 2.13. The molecular formula is C18H19N5O. The Morgan fingerprint density at radius 1 is 1.12 bits per heavy atom. The molecule has 1 aromatic carbocycles. The molecule has 3 aromatic rings. The smallest absolute Gasteiger partial charge is 0.165 e.